The highest BCUT2D eigenvalue weighted by Crippen LogP contribution is 2.21. The lowest BCUT2D eigenvalue weighted by atomic mass is 10.2. The Hall–Kier alpha value is -3.28. The Morgan fingerprint density at radius 1 is 1.11 bits per heavy atom. The average Bonchev–Trinajstić information content (AvgIpc) is 3.40. The molecule has 1 aliphatic heterocycles. The second-order valence-corrected chi connectivity index (χ2v) is 6.43. The van der Waals surface area contributed by atoms with Crippen molar-refractivity contribution in [2.45, 2.75) is 19.4 Å². The largest absolute Gasteiger partial charge is 0.489 e. The van der Waals surface area contributed by atoms with Crippen molar-refractivity contribution >= 4 is 17.4 Å². The van der Waals surface area contributed by atoms with E-state index in [4.69, 9.17) is 9.15 Å². The minimum Gasteiger partial charge on any atom is -0.489 e. The van der Waals surface area contributed by atoms with Crippen LogP contribution in [0, 0.1) is 0 Å². The Morgan fingerprint density at radius 3 is 2.67 bits per heavy atom. The number of para-hydroxylation sites is 1. The molecule has 1 fully saturated rings. The van der Waals surface area contributed by atoms with Crippen LogP contribution in [0.3, 0.4) is 0 Å². The van der Waals surface area contributed by atoms with Gasteiger partial charge >= 0.3 is 0 Å². The Kier molecular flexibility index (Phi) is 5.05. The van der Waals surface area contributed by atoms with Gasteiger partial charge in [-0.1, -0.05) is 18.2 Å². The van der Waals surface area contributed by atoms with E-state index in [1.807, 2.05) is 42.5 Å². The van der Waals surface area contributed by atoms with Gasteiger partial charge in [-0.05, 0) is 43.2 Å². The molecule has 1 aliphatic rings. The third-order valence-electron chi connectivity index (χ3n) is 4.53. The molecule has 1 N–H and O–H groups in total. The van der Waals surface area contributed by atoms with E-state index in [9.17, 15) is 4.79 Å². The minimum atomic E-state index is -0.317. The Balaban J connectivity index is 1.39. The van der Waals surface area contributed by atoms with Crippen LogP contribution in [0.2, 0.25) is 0 Å². The Labute approximate surface area is 157 Å². The van der Waals surface area contributed by atoms with Gasteiger partial charge in [0.2, 0.25) is 0 Å². The molecule has 6 nitrogen and oxygen atoms in total. The van der Waals surface area contributed by atoms with Gasteiger partial charge in [-0.15, -0.1) is 0 Å². The van der Waals surface area contributed by atoms with Gasteiger partial charge in [-0.25, -0.2) is 4.98 Å². The van der Waals surface area contributed by atoms with Crippen LogP contribution in [-0.4, -0.2) is 24.0 Å². The first-order valence-electron chi connectivity index (χ1n) is 9.06. The number of nitrogens with zero attached hydrogens (tertiary/aromatic N) is 2. The highest BCUT2D eigenvalue weighted by Gasteiger charge is 2.17. The van der Waals surface area contributed by atoms with Crippen LogP contribution in [0.5, 0.6) is 5.75 Å². The topological polar surface area (TPSA) is 67.6 Å². The number of benzene rings is 1. The van der Waals surface area contributed by atoms with Crippen molar-refractivity contribution in [3.8, 4) is 5.75 Å². The lowest BCUT2D eigenvalue weighted by Crippen LogP contribution is -2.19. The summed E-state index contributed by atoms with van der Waals surface area (Å²) in [4.78, 5) is 19.2. The highest BCUT2D eigenvalue weighted by atomic mass is 16.5. The van der Waals surface area contributed by atoms with Crippen LogP contribution in [-0.2, 0) is 6.61 Å². The third-order valence-corrected chi connectivity index (χ3v) is 4.53. The van der Waals surface area contributed by atoms with Crippen LogP contribution in [0.1, 0.15) is 29.0 Å². The van der Waals surface area contributed by atoms with Gasteiger partial charge in [0, 0.05) is 18.7 Å². The van der Waals surface area contributed by atoms with E-state index in [0.29, 0.717) is 11.3 Å². The zero-order valence-electron chi connectivity index (χ0n) is 14.9. The molecule has 0 aliphatic carbocycles. The van der Waals surface area contributed by atoms with Gasteiger partial charge in [0.1, 0.15) is 18.2 Å². The van der Waals surface area contributed by atoms with Crippen molar-refractivity contribution < 1.29 is 13.9 Å². The van der Waals surface area contributed by atoms with Crippen LogP contribution in [0.4, 0.5) is 11.5 Å². The molecule has 1 saturated heterocycles. The minimum absolute atomic E-state index is 0.245. The number of carbonyl (C=O) groups excluding carboxylic acids is 1. The van der Waals surface area contributed by atoms with Gasteiger partial charge in [-0.3, -0.25) is 4.79 Å². The van der Waals surface area contributed by atoms with E-state index < -0.39 is 0 Å². The number of carbonyl (C=O) groups is 1. The lowest BCUT2D eigenvalue weighted by molar-refractivity contribution is 0.0993. The van der Waals surface area contributed by atoms with Crippen molar-refractivity contribution in [1.29, 1.82) is 0 Å². The summed E-state index contributed by atoms with van der Waals surface area (Å²) in [5.41, 5.74) is 1.33. The first kappa shape index (κ1) is 17.1. The first-order valence-corrected chi connectivity index (χ1v) is 9.06. The summed E-state index contributed by atoms with van der Waals surface area (Å²) in [6, 6.07) is 15.0. The fourth-order valence-corrected chi connectivity index (χ4v) is 3.11. The maximum absolute atomic E-state index is 12.5. The van der Waals surface area contributed by atoms with Crippen molar-refractivity contribution in [3.63, 3.8) is 0 Å². The lowest BCUT2D eigenvalue weighted by Gasteiger charge is -2.16. The van der Waals surface area contributed by atoms with Crippen LogP contribution in [0.15, 0.2) is 65.4 Å². The van der Waals surface area contributed by atoms with Crippen molar-refractivity contribution in [2.75, 3.05) is 23.3 Å². The molecular formula is C21H21N3O3. The number of amides is 1. The molecule has 0 saturated carbocycles. The summed E-state index contributed by atoms with van der Waals surface area (Å²) in [7, 11) is 0. The summed E-state index contributed by atoms with van der Waals surface area (Å²) in [6.07, 6.45) is 5.57. The van der Waals surface area contributed by atoms with Crippen LogP contribution < -0.4 is 15.0 Å². The van der Waals surface area contributed by atoms with Crippen LogP contribution in [0.25, 0.3) is 0 Å². The third kappa shape index (κ3) is 4.11. The van der Waals surface area contributed by atoms with E-state index in [-0.39, 0.29) is 18.3 Å². The standard InChI is InChI=1S/C21H21N3O3/c25-21(23-17-8-9-19(22-14-17)24-11-4-5-12-24)20-16(10-13-26-20)15-27-18-6-2-1-3-7-18/h1-3,6-10,13-14H,4-5,11-12,15H2,(H,23,25). The highest BCUT2D eigenvalue weighted by molar-refractivity contribution is 6.03. The molecule has 0 atom stereocenters. The summed E-state index contributed by atoms with van der Waals surface area (Å²) in [5, 5.41) is 2.83. The number of hydrogen-bond donors (Lipinski definition) is 1. The van der Waals surface area contributed by atoms with E-state index in [1.54, 1.807) is 12.3 Å². The van der Waals surface area contributed by atoms with Crippen LogP contribution >= 0.6 is 0 Å². The number of nitrogens with one attached hydrogen (secondary N) is 1. The quantitative estimate of drug-likeness (QED) is 0.714. The second-order valence-electron chi connectivity index (χ2n) is 6.43. The Bertz CT molecular complexity index is 885. The molecule has 6 heteroatoms. The number of pyridine rings is 1. The molecule has 0 spiro atoms. The van der Waals surface area contributed by atoms with Crippen molar-refractivity contribution in [2.24, 2.45) is 0 Å². The number of furan rings is 1. The van der Waals surface area contributed by atoms with Gasteiger partial charge in [0.15, 0.2) is 5.76 Å². The molecule has 3 heterocycles. The molecule has 0 radical (unpaired) electrons. The van der Waals surface area contributed by atoms with Gasteiger partial charge in [-0.2, -0.15) is 0 Å². The zero-order valence-corrected chi connectivity index (χ0v) is 14.9. The van der Waals surface area contributed by atoms with E-state index in [0.717, 1.165) is 24.7 Å². The molecule has 27 heavy (non-hydrogen) atoms. The fourth-order valence-electron chi connectivity index (χ4n) is 3.11. The normalized spacial score (nSPS) is 13.6. The molecule has 1 amide bonds. The molecule has 1 aromatic carbocycles. The zero-order chi connectivity index (χ0) is 18.5. The number of hydrogen-bond acceptors (Lipinski definition) is 5. The molecule has 3 aromatic rings. The number of aromatic nitrogens is 1. The molecule has 2 aromatic heterocycles. The fraction of sp³-hybridized carbons (Fsp3) is 0.238. The molecule has 0 bridgehead atoms. The number of anilines is 2. The predicted octanol–water partition coefficient (Wildman–Crippen LogP) is 4.11. The molecule has 0 unspecified atom stereocenters. The van der Waals surface area contributed by atoms with Gasteiger partial charge in [0.25, 0.3) is 5.91 Å². The van der Waals surface area contributed by atoms with Gasteiger partial charge in [0.05, 0.1) is 18.1 Å². The van der Waals surface area contributed by atoms with Gasteiger partial charge < -0.3 is 19.4 Å². The average molecular weight is 363 g/mol. The summed E-state index contributed by atoms with van der Waals surface area (Å²) in [6.45, 7) is 2.33. The molecule has 4 rings (SSSR count). The van der Waals surface area contributed by atoms with Crippen molar-refractivity contribution in [1.82, 2.24) is 4.98 Å². The monoisotopic (exact) mass is 363 g/mol. The smallest absolute Gasteiger partial charge is 0.291 e. The number of ether oxygens (including phenoxy) is 1. The SMILES string of the molecule is O=C(Nc1ccc(N2CCCC2)nc1)c1occc1COc1ccccc1. The maximum Gasteiger partial charge on any atom is 0.291 e. The predicted molar refractivity (Wildman–Crippen MR) is 103 cm³/mol. The first-order chi connectivity index (χ1) is 13.3. The maximum atomic E-state index is 12.5. The summed E-state index contributed by atoms with van der Waals surface area (Å²) < 4.78 is 11.1. The molecule has 138 valence electrons. The van der Waals surface area contributed by atoms with Crippen molar-refractivity contribution in [3.05, 3.63) is 72.3 Å². The summed E-state index contributed by atoms with van der Waals surface area (Å²) in [5.74, 6) is 1.61. The van der Waals surface area contributed by atoms with E-state index in [1.165, 1.54) is 19.1 Å². The number of rotatable bonds is 6. The second kappa shape index (κ2) is 7.95. The Morgan fingerprint density at radius 2 is 1.93 bits per heavy atom. The van der Waals surface area contributed by atoms with E-state index in [2.05, 4.69) is 15.2 Å². The molecular weight excluding hydrogens is 342 g/mol. The summed E-state index contributed by atoms with van der Waals surface area (Å²) >= 11 is 0. The van der Waals surface area contributed by atoms with E-state index >= 15 is 0 Å².